The van der Waals surface area contributed by atoms with Crippen LogP contribution >= 0.6 is 0 Å². The average Bonchev–Trinajstić information content (AvgIpc) is 3.01. The lowest BCUT2D eigenvalue weighted by Gasteiger charge is -2.27. The Kier molecular flexibility index (Phi) is 4.42. The summed E-state index contributed by atoms with van der Waals surface area (Å²) >= 11 is 0. The molecule has 0 radical (unpaired) electrons. The minimum absolute atomic E-state index is 0.754. The molecule has 4 rings (SSSR count). The van der Waals surface area contributed by atoms with Gasteiger partial charge in [-0.25, -0.2) is 9.97 Å². The van der Waals surface area contributed by atoms with Crippen molar-refractivity contribution in [2.45, 2.75) is 39.9 Å². The first-order chi connectivity index (χ1) is 12.6. The van der Waals surface area contributed by atoms with Gasteiger partial charge in [-0.3, -0.25) is 9.58 Å². The summed E-state index contributed by atoms with van der Waals surface area (Å²) in [5, 5.41) is 4.55. The lowest BCUT2D eigenvalue weighted by molar-refractivity contribution is 0.242. The van der Waals surface area contributed by atoms with E-state index in [0.717, 1.165) is 61.1 Å². The van der Waals surface area contributed by atoms with Gasteiger partial charge in [-0.15, -0.1) is 0 Å². The Balaban J connectivity index is 1.50. The van der Waals surface area contributed by atoms with E-state index in [0.29, 0.717) is 0 Å². The fourth-order valence-electron chi connectivity index (χ4n) is 3.40. The largest absolute Gasteiger partial charge is 0.399 e. The molecule has 26 heavy (non-hydrogen) atoms. The Hall–Kier alpha value is -2.73. The molecule has 2 aromatic heterocycles. The van der Waals surface area contributed by atoms with Gasteiger partial charge in [0.2, 0.25) is 0 Å². The second-order valence-corrected chi connectivity index (χ2v) is 6.84. The number of aromatic nitrogens is 4. The van der Waals surface area contributed by atoms with Crippen molar-refractivity contribution in [2.24, 2.45) is 0 Å². The molecule has 1 aliphatic rings. The summed E-state index contributed by atoms with van der Waals surface area (Å²) in [6.07, 6.45) is 5.08. The summed E-state index contributed by atoms with van der Waals surface area (Å²) in [7, 11) is 0. The van der Waals surface area contributed by atoms with Crippen molar-refractivity contribution in [3.63, 3.8) is 0 Å². The van der Waals surface area contributed by atoms with E-state index in [1.54, 1.807) is 0 Å². The number of nitrogen functional groups attached to an aromatic ring is 1. The summed E-state index contributed by atoms with van der Waals surface area (Å²) in [4.78, 5) is 11.8. The van der Waals surface area contributed by atoms with E-state index in [1.807, 2.05) is 35.1 Å². The van der Waals surface area contributed by atoms with Crippen molar-refractivity contribution in [1.82, 2.24) is 24.6 Å². The van der Waals surface area contributed by atoms with Crippen LogP contribution in [0.5, 0.6) is 0 Å². The van der Waals surface area contributed by atoms with Gasteiger partial charge in [-0.2, -0.15) is 5.10 Å². The number of fused-ring (bicyclic) bond motifs is 1. The highest BCUT2D eigenvalue weighted by atomic mass is 15.3. The smallest absolute Gasteiger partial charge is 0.159 e. The summed E-state index contributed by atoms with van der Waals surface area (Å²) in [6, 6.07) is 7.72. The molecule has 0 atom stereocenters. The van der Waals surface area contributed by atoms with Crippen LogP contribution in [0.2, 0.25) is 0 Å². The molecule has 0 amide bonds. The molecule has 0 aliphatic carbocycles. The number of rotatable bonds is 4. The number of nitrogens with zero attached hydrogens (tertiary/aromatic N) is 5. The molecular formula is C20H24N6. The monoisotopic (exact) mass is 348 g/mol. The zero-order valence-electron chi connectivity index (χ0n) is 15.3. The predicted octanol–water partition coefficient (Wildman–Crippen LogP) is 2.81. The van der Waals surface area contributed by atoms with E-state index in [1.165, 1.54) is 11.1 Å². The third-order valence-electron chi connectivity index (χ3n) is 4.95. The molecule has 134 valence electrons. The summed E-state index contributed by atoms with van der Waals surface area (Å²) in [6.45, 7) is 7.91. The zero-order valence-corrected chi connectivity index (χ0v) is 15.3. The normalized spacial score (nSPS) is 14.4. The van der Waals surface area contributed by atoms with Gasteiger partial charge in [0.1, 0.15) is 0 Å². The molecule has 0 unspecified atom stereocenters. The average molecular weight is 348 g/mol. The molecular weight excluding hydrogens is 324 g/mol. The minimum Gasteiger partial charge on any atom is -0.399 e. The fraction of sp³-hybridized carbons (Fsp3) is 0.350. The second kappa shape index (κ2) is 6.88. The Morgan fingerprint density at radius 1 is 1.19 bits per heavy atom. The predicted molar refractivity (Wildman–Crippen MR) is 102 cm³/mol. The number of hydrogen-bond donors (Lipinski definition) is 1. The van der Waals surface area contributed by atoms with Crippen molar-refractivity contribution in [2.75, 3.05) is 12.3 Å². The Morgan fingerprint density at radius 3 is 2.73 bits per heavy atom. The van der Waals surface area contributed by atoms with Crippen molar-refractivity contribution in [3.8, 4) is 11.4 Å². The van der Waals surface area contributed by atoms with Crippen LogP contribution < -0.4 is 5.73 Å². The van der Waals surface area contributed by atoms with Crippen molar-refractivity contribution in [3.05, 3.63) is 59.2 Å². The van der Waals surface area contributed by atoms with Gasteiger partial charge in [-0.05, 0) is 38.1 Å². The third kappa shape index (κ3) is 3.32. The molecule has 2 N–H and O–H groups in total. The van der Waals surface area contributed by atoms with Crippen LogP contribution in [0.15, 0.2) is 36.7 Å². The minimum atomic E-state index is 0.754. The van der Waals surface area contributed by atoms with E-state index in [4.69, 9.17) is 10.7 Å². The molecule has 3 aromatic rings. The van der Waals surface area contributed by atoms with Gasteiger partial charge in [0.15, 0.2) is 5.82 Å². The number of hydrogen-bond acceptors (Lipinski definition) is 5. The van der Waals surface area contributed by atoms with Crippen molar-refractivity contribution in [1.29, 1.82) is 0 Å². The summed E-state index contributed by atoms with van der Waals surface area (Å²) < 4.78 is 2.00. The maximum absolute atomic E-state index is 5.76. The first-order valence-electron chi connectivity index (χ1n) is 9.08. The van der Waals surface area contributed by atoms with Crippen LogP contribution in [-0.4, -0.2) is 31.2 Å². The highest BCUT2D eigenvalue weighted by Crippen LogP contribution is 2.23. The Morgan fingerprint density at radius 2 is 2.00 bits per heavy atom. The quantitative estimate of drug-likeness (QED) is 0.734. The topological polar surface area (TPSA) is 72.9 Å². The first kappa shape index (κ1) is 16.7. The van der Waals surface area contributed by atoms with E-state index in [2.05, 4.69) is 35.0 Å². The van der Waals surface area contributed by atoms with Crippen molar-refractivity contribution < 1.29 is 0 Å². The molecule has 0 bridgehead atoms. The number of anilines is 1. The number of benzene rings is 1. The van der Waals surface area contributed by atoms with Crippen LogP contribution in [0.25, 0.3) is 11.4 Å². The maximum Gasteiger partial charge on any atom is 0.159 e. The zero-order chi connectivity index (χ0) is 18.1. The molecule has 3 heterocycles. The Labute approximate surface area is 153 Å². The van der Waals surface area contributed by atoms with Crippen LogP contribution in [0.4, 0.5) is 5.69 Å². The van der Waals surface area contributed by atoms with Gasteiger partial charge in [0, 0.05) is 67.4 Å². The van der Waals surface area contributed by atoms with E-state index in [-0.39, 0.29) is 0 Å². The molecule has 6 heteroatoms. The molecule has 0 saturated carbocycles. The summed E-state index contributed by atoms with van der Waals surface area (Å²) in [5.74, 6) is 0.775. The molecule has 1 aromatic carbocycles. The summed E-state index contributed by atoms with van der Waals surface area (Å²) in [5.41, 5.74) is 12.3. The van der Waals surface area contributed by atoms with Crippen LogP contribution in [0.1, 0.15) is 29.4 Å². The molecule has 0 spiro atoms. The van der Waals surface area contributed by atoms with Gasteiger partial charge >= 0.3 is 0 Å². The fourth-order valence-corrected chi connectivity index (χ4v) is 3.40. The number of aryl methyl sites for hydroxylation is 2. The SMILES string of the molecule is CCn1cc(CN2CCc3nc(-c4ccc(N)cc4)ncc3C2)c(C)n1. The molecule has 0 saturated heterocycles. The maximum atomic E-state index is 5.76. The number of nitrogens with two attached hydrogens (primary N) is 1. The third-order valence-corrected chi connectivity index (χ3v) is 4.95. The lowest BCUT2D eigenvalue weighted by Crippen LogP contribution is -2.31. The van der Waals surface area contributed by atoms with Crippen LogP contribution in [0.3, 0.4) is 0 Å². The van der Waals surface area contributed by atoms with Gasteiger partial charge in [0.05, 0.1) is 11.4 Å². The van der Waals surface area contributed by atoms with Gasteiger partial charge in [-0.1, -0.05) is 0 Å². The molecule has 6 nitrogen and oxygen atoms in total. The van der Waals surface area contributed by atoms with Crippen LogP contribution in [0, 0.1) is 6.92 Å². The van der Waals surface area contributed by atoms with Gasteiger partial charge < -0.3 is 5.73 Å². The van der Waals surface area contributed by atoms with E-state index in [9.17, 15) is 0 Å². The highest BCUT2D eigenvalue weighted by molar-refractivity contribution is 5.58. The highest BCUT2D eigenvalue weighted by Gasteiger charge is 2.20. The van der Waals surface area contributed by atoms with Crippen LogP contribution in [-0.2, 0) is 26.1 Å². The van der Waals surface area contributed by atoms with Crippen molar-refractivity contribution >= 4 is 5.69 Å². The van der Waals surface area contributed by atoms with Gasteiger partial charge in [0.25, 0.3) is 0 Å². The standard InChI is InChI=1S/C20H24N6/c1-3-26-13-17(14(2)24-26)12-25-9-8-19-16(11-25)10-22-20(23-19)15-4-6-18(21)7-5-15/h4-7,10,13H,3,8-9,11-12,21H2,1-2H3. The first-order valence-corrected chi connectivity index (χ1v) is 9.08. The molecule has 0 fully saturated rings. The van der Waals surface area contributed by atoms with E-state index >= 15 is 0 Å². The molecule has 1 aliphatic heterocycles. The Bertz CT molecular complexity index is 913. The second-order valence-electron chi connectivity index (χ2n) is 6.84. The lowest BCUT2D eigenvalue weighted by atomic mass is 10.1. The van der Waals surface area contributed by atoms with E-state index < -0.39 is 0 Å².